The van der Waals surface area contributed by atoms with Crippen LogP contribution in [-0.4, -0.2) is 19.5 Å². The number of halogens is 1. The summed E-state index contributed by atoms with van der Waals surface area (Å²) in [5.41, 5.74) is 1.42. The molecule has 3 nitrogen and oxygen atoms in total. The molecule has 2 aliphatic rings. The van der Waals surface area contributed by atoms with E-state index in [0.29, 0.717) is 17.2 Å². The van der Waals surface area contributed by atoms with Gasteiger partial charge in [0.25, 0.3) is 0 Å². The average molecular weight is 309 g/mol. The Bertz CT molecular complexity index is 532. The molecule has 1 fully saturated rings. The highest BCUT2D eigenvalue weighted by atomic mass is 79.9. The van der Waals surface area contributed by atoms with Gasteiger partial charge < -0.3 is 9.47 Å². The summed E-state index contributed by atoms with van der Waals surface area (Å²) >= 11 is 3.49. The van der Waals surface area contributed by atoms with Crippen LogP contribution in [0.4, 0.5) is 0 Å². The zero-order chi connectivity index (χ0) is 12.7. The normalized spacial score (nSPS) is 21.1. The van der Waals surface area contributed by atoms with E-state index >= 15 is 0 Å². The topological polar surface area (TPSA) is 35.5 Å². The highest BCUT2D eigenvalue weighted by molar-refractivity contribution is 9.10. The van der Waals surface area contributed by atoms with Crippen LogP contribution >= 0.6 is 15.9 Å². The molecule has 1 atom stereocenters. The molecule has 1 unspecified atom stereocenters. The molecule has 4 heteroatoms. The van der Waals surface area contributed by atoms with Crippen LogP contribution in [0.2, 0.25) is 0 Å². The van der Waals surface area contributed by atoms with E-state index in [1.807, 2.05) is 12.2 Å². The van der Waals surface area contributed by atoms with Crippen LogP contribution in [-0.2, 0) is 0 Å². The second-order valence-corrected chi connectivity index (χ2v) is 5.41. The molecule has 3 rings (SSSR count). The van der Waals surface area contributed by atoms with Crippen molar-refractivity contribution >= 4 is 28.3 Å². The first-order valence-corrected chi connectivity index (χ1v) is 6.74. The number of aldehydes is 1. The zero-order valence-electron chi connectivity index (χ0n) is 9.98. The quantitative estimate of drug-likeness (QED) is 0.802. The summed E-state index contributed by atoms with van der Waals surface area (Å²) in [6, 6.07) is 1.72. The van der Waals surface area contributed by atoms with E-state index < -0.39 is 0 Å². The Balaban J connectivity index is 2.09. The van der Waals surface area contributed by atoms with Gasteiger partial charge in [-0.15, -0.1) is 0 Å². The summed E-state index contributed by atoms with van der Waals surface area (Å²) in [4.78, 5) is 11.1. The molecule has 0 bridgehead atoms. The molecule has 1 aliphatic carbocycles. The molecule has 94 valence electrons. The fourth-order valence-electron chi connectivity index (χ4n) is 2.22. The van der Waals surface area contributed by atoms with Gasteiger partial charge in [0, 0.05) is 11.1 Å². The largest absolute Gasteiger partial charge is 0.495 e. The van der Waals surface area contributed by atoms with E-state index in [4.69, 9.17) is 9.47 Å². The van der Waals surface area contributed by atoms with Crippen molar-refractivity contribution in [3.8, 4) is 11.5 Å². The van der Waals surface area contributed by atoms with Crippen LogP contribution in [0, 0.1) is 5.92 Å². The molecule has 1 aliphatic heterocycles. The number of hydrogen-bond acceptors (Lipinski definition) is 3. The summed E-state index contributed by atoms with van der Waals surface area (Å²) in [5.74, 6) is 1.96. The van der Waals surface area contributed by atoms with Gasteiger partial charge in [-0.25, -0.2) is 0 Å². The molecule has 0 N–H and O–H groups in total. The van der Waals surface area contributed by atoms with Crippen molar-refractivity contribution in [2.45, 2.75) is 18.9 Å². The number of ether oxygens (including phenoxy) is 2. The number of hydrogen-bond donors (Lipinski definition) is 0. The lowest BCUT2D eigenvalue weighted by molar-refractivity contribution is 0.112. The maximum absolute atomic E-state index is 11.1. The summed E-state index contributed by atoms with van der Waals surface area (Å²) in [5, 5.41) is 0. The van der Waals surface area contributed by atoms with E-state index in [1.54, 1.807) is 13.2 Å². The smallest absolute Gasteiger partial charge is 0.150 e. The third kappa shape index (κ3) is 1.85. The highest BCUT2D eigenvalue weighted by Gasteiger charge is 2.34. The fourth-order valence-corrected chi connectivity index (χ4v) is 2.80. The Morgan fingerprint density at radius 2 is 2.28 bits per heavy atom. The van der Waals surface area contributed by atoms with E-state index in [-0.39, 0.29) is 6.10 Å². The Kier molecular flexibility index (Phi) is 2.90. The summed E-state index contributed by atoms with van der Waals surface area (Å²) in [6.07, 6.45) is 7.42. The number of carbonyl (C=O) groups is 1. The lowest BCUT2D eigenvalue weighted by Crippen LogP contribution is -2.20. The van der Waals surface area contributed by atoms with E-state index in [1.165, 1.54) is 12.8 Å². The molecule has 0 aromatic heterocycles. The monoisotopic (exact) mass is 308 g/mol. The lowest BCUT2D eigenvalue weighted by atomic mass is 10.0. The van der Waals surface area contributed by atoms with Crippen molar-refractivity contribution in [2.24, 2.45) is 5.92 Å². The van der Waals surface area contributed by atoms with Crippen LogP contribution in [0.25, 0.3) is 6.08 Å². The van der Waals surface area contributed by atoms with Crippen molar-refractivity contribution in [1.29, 1.82) is 0 Å². The van der Waals surface area contributed by atoms with Crippen LogP contribution in [0.3, 0.4) is 0 Å². The first kappa shape index (κ1) is 11.8. The summed E-state index contributed by atoms with van der Waals surface area (Å²) in [7, 11) is 1.58. The van der Waals surface area contributed by atoms with Crippen LogP contribution in [0.5, 0.6) is 11.5 Å². The second-order valence-electron chi connectivity index (χ2n) is 4.62. The van der Waals surface area contributed by atoms with Gasteiger partial charge in [0.15, 0.2) is 6.29 Å². The van der Waals surface area contributed by atoms with Crippen molar-refractivity contribution in [3.63, 3.8) is 0 Å². The summed E-state index contributed by atoms with van der Waals surface area (Å²) in [6.45, 7) is 0. The van der Waals surface area contributed by atoms with Gasteiger partial charge in [-0.2, -0.15) is 0 Å². The van der Waals surface area contributed by atoms with Gasteiger partial charge in [-0.1, -0.05) is 6.08 Å². The van der Waals surface area contributed by atoms with Crippen molar-refractivity contribution < 1.29 is 14.3 Å². The number of carbonyl (C=O) groups excluding carboxylic acids is 1. The third-order valence-corrected chi connectivity index (χ3v) is 4.15. The second kappa shape index (κ2) is 4.43. The highest BCUT2D eigenvalue weighted by Crippen LogP contribution is 2.45. The molecule has 1 heterocycles. The van der Waals surface area contributed by atoms with Gasteiger partial charge in [-0.05, 0) is 46.8 Å². The number of methoxy groups -OCH3 is 1. The molecule has 0 amide bonds. The Morgan fingerprint density at radius 1 is 1.50 bits per heavy atom. The van der Waals surface area contributed by atoms with Gasteiger partial charge in [0.2, 0.25) is 0 Å². The van der Waals surface area contributed by atoms with Crippen LogP contribution < -0.4 is 9.47 Å². The molecular formula is C14H13BrO3. The molecule has 0 saturated heterocycles. The first-order valence-electron chi connectivity index (χ1n) is 5.95. The van der Waals surface area contributed by atoms with Gasteiger partial charge in [0.05, 0.1) is 7.11 Å². The number of fused-ring (bicyclic) bond motifs is 1. The number of benzene rings is 1. The maximum Gasteiger partial charge on any atom is 0.150 e. The Morgan fingerprint density at radius 3 is 2.89 bits per heavy atom. The van der Waals surface area contributed by atoms with Gasteiger partial charge in [0.1, 0.15) is 22.1 Å². The van der Waals surface area contributed by atoms with Gasteiger partial charge >= 0.3 is 0 Å². The van der Waals surface area contributed by atoms with Crippen LogP contribution in [0.1, 0.15) is 28.8 Å². The van der Waals surface area contributed by atoms with E-state index in [9.17, 15) is 4.79 Å². The molecular weight excluding hydrogens is 296 g/mol. The standard InChI is InChI=1S/C14H13BrO3/c1-17-12-6-9(7-16)10-4-5-11(8-2-3-8)18-14(10)13(12)15/h4-8,11H,2-3H2,1H3. The molecule has 0 spiro atoms. The van der Waals surface area contributed by atoms with E-state index in [2.05, 4.69) is 15.9 Å². The molecule has 1 saturated carbocycles. The maximum atomic E-state index is 11.1. The molecule has 18 heavy (non-hydrogen) atoms. The molecule has 1 aromatic carbocycles. The van der Waals surface area contributed by atoms with Crippen molar-refractivity contribution in [3.05, 3.63) is 27.7 Å². The minimum atomic E-state index is 0.125. The molecule has 1 aromatic rings. The third-order valence-electron chi connectivity index (χ3n) is 3.40. The Hall–Kier alpha value is -1.29. The van der Waals surface area contributed by atoms with Crippen LogP contribution in [0.15, 0.2) is 16.6 Å². The van der Waals surface area contributed by atoms with Crippen molar-refractivity contribution in [1.82, 2.24) is 0 Å². The number of rotatable bonds is 3. The van der Waals surface area contributed by atoms with Gasteiger partial charge in [-0.3, -0.25) is 4.79 Å². The molecule has 0 radical (unpaired) electrons. The average Bonchev–Trinajstić information content (AvgIpc) is 3.23. The summed E-state index contributed by atoms with van der Waals surface area (Å²) < 4.78 is 12.0. The van der Waals surface area contributed by atoms with Crippen molar-refractivity contribution in [2.75, 3.05) is 7.11 Å². The fraction of sp³-hybridized carbons (Fsp3) is 0.357. The Labute approximate surface area is 114 Å². The minimum absolute atomic E-state index is 0.125. The zero-order valence-corrected chi connectivity index (χ0v) is 11.6. The predicted molar refractivity (Wildman–Crippen MR) is 72.3 cm³/mol. The SMILES string of the molecule is COc1cc(C=O)c2c(c1Br)OC(C1CC1)C=C2. The minimum Gasteiger partial charge on any atom is -0.495 e. The van der Waals surface area contributed by atoms with E-state index in [0.717, 1.165) is 22.1 Å². The first-order chi connectivity index (χ1) is 8.74. The lowest BCUT2D eigenvalue weighted by Gasteiger charge is -2.24. The predicted octanol–water partition coefficient (Wildman–Crippen LogP) is 3.45.